The molecular weight excluding hydrogens is 346 g/mol. The fraction of sp³-hybridized carbons (Fsp3) is 0.250. The molecule has 0 unspecified atom stereocenters. The predicted molar refractivity (Wildman–Crippen MR) is 101 cm³/mol. The molecule has 2 aromatic carbocycles. The Hall–Kier alpha value is -3.53. The lowest BCUT2D eigenvalue weighted by Gasteiger charge is -2.22. The average Bonchev–Trinajstić information content (AvgIpc) is 2.69. The zero-order valence-electron chi connectivity index (χ0n) is 15.3. The molecule has 0 saturated heterocycles. The average molecular weight is 367 g/mol. The molecular formula is C20H21N3O4. The minimum atomic E-state index is -0.321. The highest BCUT2D eigenvalue weighted by Gasteiger charge is 2.15. The van der Waals surface area contributed by atoms with Crippen LogP contribution in [-0.2, 0) is 9.59 Å². The van der Waals surface area contributed by atoms with Crippen molar-refractivity contribution in [1.29, 1.82) is 5.26 Å². The Bertz CT molecular complexity index is 845. The van der Waals surface area contributed by atoms with Gasteiger partial charge in [0.15, 0.2) is 18.1 Å². The van der Waals surface area contributed by atoms with Crippen molar-refractivity contribution in [1.82, 2.24) is 5.32 Å². The van der Waals surface area contributed by atoms with Gasteiger partial charge in [0.05, 0.1) is 18.4 Å². The summed E-state index contributed by atoms with van der Waals surface area (Å²) in [6.45, 7) is 1.72. The van der Waals surface area contributed by atoms with Crippen LogP contribution in [0.25, 0.3) is 0 Å². The van der Waals surface area contributed by atoms with Gasteiger partial charge in [0.1, 0.15) is 6.07 Å². The number of carbonyl (C=O) groups excluding carboxylic acids is 2. The van der Waals surface area contributed by atoms with Crippen LogP contribution in [0.5, 0.6) is 11.5 Å². The molecule has 2 amide bonds. The van der Waals surface area contributed by atoms with Gasteiger partial charge in [0.2, 0.25) is 5.91 Å². The normalized spacial score (nSPS) is 9.81. The lowest BCUT2D eigenvalue weighted by Crippen LogP contribution is -2.39. The number of anilines is 1. The molecule has 0 heterocycles. The fourth-order valence-corrected chi connectivity index (χ4v) is 2.49. The summed E-state index contributed by atoms with van der Waals surface area (Å²) in [5.41, 5.74) is 0.922. The van der Waals surface area contributed by atoms with Gasteiger partial charge in [-0.2, -0.15) is 5.26 Å². The van der Waals surface area contributed by atoms with E-state index < -0.39 is 0 Å². The molecule has 1 N–H and O–H groups in total. The summed E-state index contributed by atoms with van der Waals surface area (Å²) in [5, 5.41) is 11.9. The zero-order chi connectivity index (χ0) is 19.6. The first-order valence-corrected chi connectivity index (χ1v) is 8.36. The van der Waals surface area contributed by atoms with Crippen LogP contribution < -0.4 is 19.7 Å². The van der Waals surface area contributed by atoms with E-state index in [0.717, 1.165) is 0 Å². The summed E-state index contributed by atoms with van der Waals surface area (Å²) in [7, 11) is 1.53. The summed E-state index contributed by atoms with van der Waals surface area (Å²) < 4.78 is 10.6. The van der Waals surface area contributed by atoms with Crippen LogP contribution in [0.4, 0.5) is 5.69 Å². The van der Waals surface area contributed by atoms with Crippen LogP contribution in [-0.4, -0.2) is 38.6 Å². The molecule has 140 valence electrons. The van der Waals surface area contributed by atoms with Crippen molar-refractivity contribution in [3.8, 4) is 17.6 Å². The van der Waals surface area contributed by atoms with Crippen molar-refractivity contribution in [3.63, 3.8) is 0 Å². The van der Waals surface area contributed by atoms with Gasteiger partial charge in [-0.15, -0.1) is 0 Å². The highest BCUT2D eigenvalue weighted by atomic mass is 16.5. The molecule has 0 atom stereocenters. The highest BCUT2D eigenvalue weighted by molar-refractivity contribution is 5.93. The summed E-state index contributed by atoms with van der Waals surface area (Å²) in [6, 6.07) is 15.9. The topological polar surface area (TPSA) is 91.7 Å². The van der Waals surface area contributed by atoms with E-state index in [0.29, 0.717) is 22.7 Å². The number of para-hydroxylation sites is 3. The predicted octanol–water partition coefficient (Wildman–Crippen LogP) is 2.11. The Balaban J connectivity index is 1.89. The molecule has 7 nitrogen and oxygen atoms in total. The van der Waals surface area contributed by atoms with Gasteiger partial charge in [-0.3, -0.25) is 9.59 Å². The fourth-order valence-electron chi connectivity index (χ4n) is 2.49. The number of rotatable bonds is 8. The van der Waals surface area contributed by atoms with Crippen molar-refractivity contribution in [2.75, 3.05) is 31.7 Å². The van der Waals surface area contributed by atoms with Crippen LogP contribution >= 0.6 is 0 Å². The number of nitriles is 1. The van der Waals surface area contributed by atoms with Crippen molar-refractivity contribution in [2.45, 2.75) is 6.92 Å². The Labute approximate surface area is 158 Å². The first-order chi connectivity index (χ1) is 13.1. The lowest BCUT2D eigenvalue weighted by atomic mass is 10.1. The van der Waals surface area contributed by atoms with Gasteiger partial charge < -0.3 is 19.7 Å². The number of amides is 2. The molecule has 0 aliphatic rings. The Morgan fingerprint density at radius 2 is 1.78 bits per heavy atom. The quantitative estimate of drug-likeness (QED) is 0.772. The second-order valence-corrected chi connectivity index (χ2v) is 5.59. The van der Waals surface area contributed by atoms with Crippen molar-refractivity contribution in [3.05, 3.63) is 54.1 Å². The van der Waals surface area contributed by atoms with Crippen LogP contribution in [0, 0.1) is 11.3 Å². The monoisotopic (exact) mass is 367 g/mol. The van der Waals surface area contributed by atoms with Gasteiger partial charge in [-0.1, -0.05) is 24.3 Å². The number of benzene rings is 2. The second-order valence-electron chi connectivity index (χ2n) is 5.59. The summed E-state index contributed by atoms with van der Waals surface area (Å²) in [5.74, 6) is 0.486. The molecule has 2 rings (SSSR count). The van der Waals surface area contributed by atoms with E-state index in [4.69, 9.17) is 9.47 Å². The minimum Gasteiger partial charge on any atom is -0.493 e. The second kappa shape index (κ2) is 9.82. The third kappa shape index (κ3) is 5.47. The largest absolute Gasteiger partial charge is 0.493 e. The molecule has 0 radical (unpaired) electrons. The molecule has 7 heteroatoms. The van der Waals surface area contributed by atoms with Crippen molar-refractivity contribution >= 4 is 17.5 Å². The first kappa shape index (κ1) is 19.8. The minimum absolute atomic E-state index is 0.171. The number of methoxy groups -OCH3 is 1. The van der Waals surface area contributed by atoms with Gasteiger partial charge in [-0.25, -0.2) is 0 Å². The molecule has 0 bridgehead atoms. The summed E-state index contributed by atoms with van der Waals surface area (Å²) in [4.78, 5) is 25.4. The van der Waals surface area contributed by atoms with Crippen LogP contribution in [0.3, 0.4) is 0 Å². The number of hydrogen-bond acceptors (Lipinski definition) is 5. The van der Waals surface area contributed by atoms with Crippen molar-refractivity contribution < 1.29 is 19.1 Å². The maximum Gasteiger partial charge on any atom is 0.258 e. The van der Waals surface area contributed by atoms with Gasteiger partial charge in [0.25, 0.3) is 5.91 Å². The van der Waals surface area contributed by atoms with E-state index >= 15 is 0 Å². The van der Waals surface area contributed by atoms with Gasteiger partial charge >= 0.3 is 0 Å². The standard InChI is InChI=1S/C20H21N3O4/c1-15(24)23(17-8-4-3-7-16(17)13-21)12-11-22-20(25)14-27-19-10-6-5-9-18(19)26-2/h3-10H,11-12,14H2,1-2H3,(H,22,25). The molecule has 2 aromatic rings. The van der Waals surface area contributed by atoms with E-state index in [2.05, 4.69) is 11.4 Å². The number of carbonyl (C=O) groups is 2. The third-order valence-corrected chi connectivity index (χ3v) is 3.78. The van der Waals surface area contributed by atoms with Gasteiger partial charge in [-0.05, 0) is 24.3 Å². The highest BCUT2D eigenvalue weighted by Crippen LogP contribution is 2.25. The molecule has 0 aromatic heterocycles. The van der Waals surface area contributed by atoms with E-state index in [-0.39, 0.29) is 31.5 Å². The number of nitrogens with zero attached hydrogens (tertiary/aromatic N) is 2. The Morgan fingerprint density at radius 1 is 1.11 bits per heavy atom. The van der Waals surface area contributed by atoms with Crippen LogP contribution in [0.1, 0.15) is 12.5 Å². The molecule has 0 aliphatic carbocycles. The lowest BCUT2D eigenvalue weighted by molar-refractivity contribution is -0.123. The number of hydrogen-bond donors (Lipinski definition) is 1. The van der Waals surface area contributed by atoms with Gasteiger partial charge in [0, 0.05) is 20.0 Å². The third-order valence-electron chi connectivity index (χ3n) is 3.78. The van der Waals surface area contributed by atoms with E-state index in [1.807, 2.05) is 0 Å². The van der Waals surface area contributed by atoms with Crippen molar-refractivity contribution in [2.24, 2.45) is 0 Å². The SMILES string of the molecule is COc1ccccc1OCC(=O)NCCN(C(C)=O)c1ccccc1C#N. The Morgan fingerprint density at radius 3 is 2.44 bits per heavy atom. The summed E-state index contributed by atoms with van der Waals surface area (Å²) in [6.07, 6.45) is 0. The zero-order valence-corrected chi connectivity index (χ0v) is 15.3. The maximum absolute atomic E-state index is 12.0. The maximum atomic E-state index is 12.0. The first-order valence-electron chi connectivity index (χ1n) is 8.36. The Kier molecular flexibility index (Phi) is 7.20. The van der Waals surface area contributed by atoms with Crippen LogP contribution in [0.15, 0.2) is 48.5 Å². The molecule has 0 saturated carbocycles. The van der Waals surface area contributed by atoms with E-state index in [9.17, 15) is 14.9 Å². The molecule has 0 spiro atoms. The summed E-state index contributed by atoms with van der Waals surface area (Å²) >= 11 is 0. The molecule has 27 heavy (non-hydrogen) atoms. The molecule has 0 fully saturated rings. The number of ether oxygens (including phenoxy) is 2. The smallest absolute Gasteiger partial charge is 0.258 e. The van der Waals surface area contributed by atoms with E-state index in [1.54, 1.807) is 48.5 Å². The number of nitrogens with one attached hydrogen (secondary N) is 1. The van der Waals surface area contributed by atoms with E-state index in [1.165, 1.54) is 18.9 Å². The molecule has 0 aliphatic heterocycles. The van der Waals surface area contributed by atoms with Crippen LogP contribution in [0.2, 0.25) is 0 Å².